The molecule has 1 N–H and O–H groups in total. The predicted octanol–water partition coefficient (Wildman–Crippen LogP) is 4.17. The van der Waals surface area contributed by atoms with E-state index in [4.69, 9.17) is 0 Å². The molecule has 1 aromatic carbocycles. The van der Waals surface area contributed by atoms with E-state index in [1.54, 1.807) is 36.7 Å². The Hall–Kier alpha value is -3.17. The van der Waals surface area contributed by atoms with E-state index in [1.165, 1.54) is 12.1 Å². The molecule has 1 amide bonds. The van der Waals surface area contributed by atoms with Crippen molar-refractivity contribution in [3.8, 4) is 11.3 Å². The van der Waals surface area contributed by atoms with Crippen molar-refractivity contribution in [2.75, 3.05) is 26.7 Å². The van der Waals surface area contributed by atoms with Gasteiger partial charge in [0.1, 0.15) is 11.5 Å². The third-order valence-electron chi connectivity index (χ3n) is 6.61. The van der Waals surface area contributed by atoms with Crippen LogP contribution in [0.25, 0.3) is 16.9 Å². The number of likely N-dealkylation sites (N-methyl/N-ethyl adjacent to an activating group) is 1. The minimum atomic E-state index is -0.912. The average Bonchev–Trinajstić information content (AvgIpc) is 3.23. The molecule has 200 valence electrons. The van der Waals surface area contributed by atoms with Crippen molar-refractivity contribution in [3.63, 3.8) is 0 Å². The highest BCUT2D eigenvalue weighted by atomic mass is 19.1. The van der Waals surface area contributed by atoms with Gasteiger partial charge < -0.3 is 10.0 Å². The number of aldehydes is 1. The number of imidazole rings is 1. The van der Waals surface area contributed by atoms with Gasteiger partial charge in [0.25, 0.3) is 0 Å². The fraction of sp³-hybridized carbons (Fsp3) is 0.500. The number of halogens is 1. The highest BCUT2D eigenvalue weighted by Crippen LogP contribution is 2.26. The number of aliphatic hydroxyl groups is 1. The molecule has 0 spiro atoms. The van der Waals surface area contributed by atoms with Gasteiger partial charge in [0.05, 0.1) is 23.9 Å². The first-order chi connectivity index (χ1) is 17.2. The van der Waals surface area contributed by atoms with Crippen molar-refractivity contribution in [2.45, 2.75) is 65.0 Å². The predicted molar refractivity (Wildman–Crippen MR) is 142 cm³/mol. The van der Waals surface area contributed by atoms with E-state index in [0.717, 1.165) is 36.5 Å². The molecule has 0 atom stereocenters. The largest absolute Gasteiger partial charge is 0.390 e. The molecule has 4 rings (SSSR count). The number of amides is 1. The van der Waals surface area contributed by atoms with Gasteiger partial charge in [-0.05, 0) is 71.0 Å². The van der Waals surface area contributed by atoms with Crippen LogP contribution in [0.15, 0.2) is 36.5 Å². The Labute approximate surface area is 218 Å². The summed E-state index contributed by atoms with van der Waals surface area (Å²) < 4.78 is 14.6. The second-order valence-corrected chi connectivity index (χ2v) is 11.2. The summed E-state index contributed by atoms with van der Waals surface area (Å²) in [5, 5.41) is 14.1. The molecule has 0 aliphatic carbocycles. The molecule has 0 unspecified atom stereocenters. The minimum absolute atomic E-state index is 0.0213. The molecule has 9 heteroatoms. The summed E-state index contributed by atoms with van der Waals surface area (Å²) in [6, 6.07) is 8.12. The second kappa shape index (κ2) is 11.1. The van der Waals surface area contributed by atoms with Gasteiger partial charge in [-0.25, -0.2) is 13.9 Å². The molecule has 1 aliphatic rings. The summed E-state index contributed by atoms with van der Waals surface area (Å²) in [7, 11) is 2.08. The lowest BCUT2D eigenvalue weighted by Gasteiger charge is -2.45. The Balaban J connectivity index is 0.000000214. The summed E-state index contributed by atoms with van der Waals surface area (Å²) in [6.07, 6.45) is 2.50. The van der Waals surface area contributed by atoms with Crippen LogP contribution in [0.2, 0.25) is 0 Å². The lowest BCUT2D eigenvalue weighted by atomic mass is 9.98. The highest BCUT2D eigenvalue weighted by molar-refractivity contribution is 5.77. The SMILES string of the molecule is CC(C)c1cc(-c2ccc(F)cc2)nn2cc(C=O)nc12.CN1CCN(C(=O)CC(C)(C)O)CC1(C)C. The zero-order valence-corrected chi connectivity index (χ0v) is 22.8. The van der Waals surface area contributed by atoms with E-state index < -0.39 is 5.60 Å². The van der Waals surface area contributed by atoms with Crippen LogP contribution in [0.3, 0.4) is 0 Å². The third-order valence-corrected chi connectivity index (χ3v) is 6.61. The van der Waals surface area contributed by atoms with Crippen LogP contribution in [-0.2, 0) is 4.79 Å². The maximum absolute atomic E-state index is 13.0. The number of piperazine rings is 1. The van der Waals surface area contributed by atoms with Crippen molar-refractivity contribution in [3.05, 3.63) is 53.6 Å². The number of carbonyl (C=O) groups excluding carboxylic acids is 2. The molecular formula is C28H38FN5O3. The van der Waals surface area contributed by atoms with Gasteiger partial charge in [0.2, 0.25) is 5.91 Å². The lowest BCUT2D eigenvalue weighted by molar-refractivity contribution is -0.139. The molecule has 8 nitrogen and oxygen atoms in total. The van der Waals surface area contributed by atoms with Crippen molar-refractivity contribution in [2.24, 2.45) is 0 Å². The van der Waals surface area contributed by atoms with Crippen LogP contribution >= 0.6 is 0 Å². The highest BCUT2D eigenvalue weighted by Gasteiger charge is 2.34. The summed E-state index contributed by atoms with van der Waals surface area (Å²) in [5.41, 5.74) is 2.68. The van der Waals surface area contributed by atoms with Gasteiger partial charge in [-0.3, -0.25) is 14.5 Å². The second-order valence-electron chi connectivity index (χ2n) is 11.2. The third kappa shape index (κ3) is 7.20. The fourth-order valence-electron chi connectivity index (χ4n) is 4.20. The molecule has 3 heterocycles. The normalized spacial score (nSPS) is 16.0. The van der Waals surface area contributed by atoms with Gasteiger partial charge in [-0.2, -0.15) is 5.10 Å². The Bertz CT molecular complexity index is 1250. The van der Waals surface area contributed by atoms with Crippen molar-refractivity contribution in [1.82, 2.24) is 24.4 Å². The Morgan fingerprint density at radius 2 is 1.86 bits per heavy atom. The zero-order valence-electron chi connectivity index (χ0n) is 22.8. The molecule has 2 aromatic heterocycles. The Morgan fingerprint density at radius 1 is 1.22 bits per heavy atom. The molecule has 37 heavy (non-hydrogen) atoms. The summed E-state index contributed by atoms with van der Waals surface area (Å²) >= 11 is 0. The number of hydrogen-bond donors (Lipinski definition) is 1. The summed E-state index contributed by atoms with van der Waals surface area (Å²) in [4.78, 5) is 31.3. The number of fused-ring (bicyclic) bond motifs is 1. The number of nitrogens with zero attached hydrogens (tertiary/aromatic N) is 5. The minimum Gasteiger partial charge on any atom is -0.390 e. The van der Waals surface area contributed by atoms with Crippen LogP contribution in [0, 0.1) is 5.82 Å². The standard InChI is InChI=1S/C16H14FN3O.C12H24N2O2/c1-10(2)14-7-15(11-3-5-12(17)6-4-11)19-20-8-13(9-21)18-16(14)20;1-11(2)9-14(7-6-13(11)5)10(15)8-12(3,4)16/h3-10H,1-2H3;16H,6-9H2,1-5H3. The Morgan fingerprint density at radius 3 is 2.41 bits per heavy atom. The molecule has 1 fully saturated rings. The first-order valence-corrected chi connectivity index (χ1v) is 12.5. The number of benzene rings is 1. The molecular weight excluding hydrogens is 473 g/mol. The summed E-state index contributed by atoms with van der Waals surface area (Å²) in [5.74, 6) is 0.0000542. The van der Waals surface area contributed by atoms with Crippen LogP contribution in [0.1, 0.15) is 69.9 Å². The van der Waals surface area contributed by atoms with Crippen molar-refractivity contribution in [1.29, 1.82) is 0 Å². The van der Waals surface area contributed by atoms with E-state index in [-0.39, 0.29) is 29.6 Å². The van der Waals surface area contributed by atoms with Crippen LogP contribution in [-0.4, -0.2) is 79.5 Å². The number of carbonyl (C=O) groups is 2. The monoisotopic (exact) mass is 511 g/mol. The number of rotatable bonds is 5. The van der Waals surface area contributed by atoms with Gasteiger partial charge >= 0.3 is 0 Å². The van der Waals surface area contributed by atoms with Gasteiger partial charge in [-0.1, -0.05) is 13.8 Å². The van der Waals surface area contributed by atoms with Crippen LogP contribution in [0.4, 0.5) is 4.39 Å². The summed E-state index contributed by atoms with van der Waals surface area (Å²) in [6.45, 7) is 14.1. The molecule has 1 aliphatic heterocycles. The molecule has 3 aromatic rings. The van der Waals surface area contributed by atoms with Gasteiger partial charge in [0, 0.05) is 36.3 Å². The molecule has 0 saturated carbocycles. The quantitative estimate of drug-likeness (QED) is 0.517. The first kappa shape index (κ1) is 28.4. The average molecular weight is 512 g/mol. The lowest BCUT2D eigenvalue weighted by Crippen LogP contribution is -2.59. The van der Waals surface area contributed by atoms with Gasteiger partial charge in [-0.15, -0.1) is 0 Å². The topological polar surface area (TPSA) is 91.0 Å². The Kier molecular flexibility index (Phi) is 8.49. The van der Waals surface area contributed by atoms with E-state index in [2.05, 4.69) is 49.7 Å². The van der Waals surface area contributed by atoms with E-state index in [9.17, 15) is 19.1 Å². The van der Waals surface area contributed by atoms with E-state index in [1.807, 2.05) is 11.0 Å². The molecule has 1 saturated heterocycles. The first-order valence-electron chi connectivity index (χ1n) is 12.5. The maximum atomic E-state index is 13.0. The smallest absolute Gasteiger partial charge is 0.225 e. The van der Waals surface area contributed by atoms with Crippen molar-refractivity contribution < 1.29 is 19.1 Å². The van der Waals surface area contributed by atoms with E-state index >= 15 is 0 Å². The molecule has 0 bridgehead atoms. The van der Waals surface area contributed by atoms with Crippen LogP contribution in [0.5, 0.6) is 0 Å². The maximum Gasteiger partial charge on any atom is 0.225 e. The van der Waals surface area contributed by atoms with Gasteiger partial charge in [0.15, 0.2) is 11.9 Å². The molecule has 0 radical (unpaired) electrons. The fourth-order valence-corrected chi connectivity index (χ4v) is 4.20. The number of hydrogen-bond acceptors (Lipinski definition) is 6. The van der Waals surface area contributed by atoms with E-state index in [0.29, 0.717) is 17.6 Å². The van der Waals surface area contributed by atoms with Crippen LogP contribution < -0.4 is 0 Å². The van der Waals surface area contributed by atoms with Crippen molar-refractivity contribution >= 4 is 17.8 Å². The zero-order chi connectivity index (χ0) is 27.5. The number of aromatic nitrogens is 3.